The molecule has 4 heterocycles. The zero-order chi connectivity index (χ0) is 20.7. The highest BCUT2D eigenvalue weighted by atomic mass is 16.2. The van der Waals surface area contributed by atoms with E-state index in [1.807, 2.05) is 20.8 Å². The minimum Gasteiger partial charge on any atom is -0.330 e. The van der Waals surface area contributed by atoms with Gasteiger partial charge in [-0.25, -0.2) is 4.98 Å². The SMILES string of the molecule is CCc1cc2n(CC(=O)Nc3ccccn3)c3c(c(=O)n2n1)CN(C(C)C)C3=O. The van der Waals surface area contributed by atoms with Crippen LogP contribution in [-0.2, 0) is 24.3 Å². The van der Waals surface area contributed by atoms with E-state index in [4.69, 9.17) is 0 Å². The van der Waals surface area contributed by atoms with Crippen molar-refractivity contribution >= 4 is 23.3 Å². The van der Waals surface area contributed by atoms with Gasteiger partial charge in [0.05, 0.1) is 17.8 Å². The zero-order valence-corrected chi connectivity index (χ0v) is 16.5. The summed E-state index contributed by atoms with van der Waals surface area (Å²) in [6.45, 7) is 5.81. The number of carbonyl (C=O) groups excluding carboxylic acids is 2. The Labute approximate surface area is 167 Å². The molecule has 0 saturated carbocycles. The van der Waals surface area contributed by atoms with Gasteiger partial charge >= 0.3 is 0 Å². The lowest BCUT2D eigenvalue weighted by molar-refractivity contribution is -0.116. The van der Waals surface area contributed by atoms with Crippen LogP contribution in [0.2, 0.25) is 0 Å². The molecule has 0 aromatic carbocycles. The molecule has 9 heteroatoms. The first kappa shape index (κ1) is 18.9. The third-order valence-electron chi connectivity index (χ3n) is 5.04. The van der Waals surface area contributed by atoms with E-state index in [9.17, 15) is 14.4 Å². The maximum Gasteiger partial charge on any atom is 0.280 e. The standard InChI is InChI=1S/C20H22N6O3/c1-4-13-9-17-25(11-16(27)22-15-7-5-6-8-21-15)18-14(19(28)26(17)23-13)10-24(12(2)3)20(18)29/h5-9,12H,4,10-11H2,1-3H3,(H,21,22,27). The van der Waals surface area contributed by atoms with Crippen molar-refractivity contribution in [3.05, 3.63) is 57.8 Å². The second kappa shape index (κ2) is 7.16. The minimum absolute atomic E-state index is 0.0661. The maximum atomic E-state index is 13.1. The number of amides is 2. The summed E-state index contributed by atoms with van der Waals surface area (Å²) in [5.41, 5.74) is 1.47. The summed E-state index contributed by atoms with van der Waals surface area (Å²) in [6.07, 6.45) is 2.22. The molecule has 3 aromatic rings. The molecule has 1 N–H and O–H groups in total. The van der Waals surface area contributed by atoms with Gasteiger partial charge in [0, 0.05) is 18.3 Å². The van der Waals surface area contributed by atoms with Crippen molar-refractivity contribution in [3.63, 3.8) is 0 Å². The first-order chi connectivity index (χ1) is 13.9. The molecule has 29 heavy (non-hydrogen) atoms. The van der Waals surface area contributed by atoms with Gasteiger partial charge in [-0.3, -0.25) is 14.4 Å². The zero-order valence-electron chi connectivity index (χ0n) is 16.5. The fraction of sp³-hybridized carbons (Fsp3) is 0.350. The first-order valence-corrected chi connectivity index (χ1v) is 9.56. The van der Waals surface area contributed by atoms with Crippen LogP contribution in [-0.4, -0.2) is 41.9 Å². The van der Waals surface area contributed by atoms with Gasteiger partial charge in [0.15, 0.2) is 0 Å². The molecule has 0 aliphatic carbocycles. The van der Waals surface area contributed by atoms with Gasteiger partial charge in [0.2, 0.25) is 5.91 Å². The fourth-order valence-corrected chi connectivity index (χ4v) is 3.54. The Morgan fingerprint density at radius 3 is 2.72 bits per heavy atom. The predicted molar refractivity (Wildman–Crippen MR) is 107 cm³/mol. The molecule has 2 amide bonds. The number of nitrogens with one attached hydrogen (secondary N) is 1. The largest absolute Gasteiger partial charge is 0.330 e. The Bertz CT molecular complexity index is 1160. The number of aromatic nitrogens is 4. The number of aryl methyl sites for hydroxylation is 1. The number of pyridine rings is 1. The fourth-order valence-electron chi connectivity index (χ4n) is 3.54. The second-order valence-corrected chi connectivity index (χ2v) is 7.27. The molecule has 4 rings (SSSR count). The van der Waals surface area contributed by atoms with Gasteiger partial charge in [-0.2, -0.15) is 9.61 Å². The summed E-state index contributed by atoms with van der Waals surface area (Å²) in [6, 6.07) is 6.89. The molecule has 0 saturated heterocycles. The predicted octanol–water partition coefficient (Wildman–Crippen LogP) is 1.46. The molecule has 150 valence electrons. The quantitative estimate of drug-likeness (QED) is 0.706. The van der Waals surface area contributed by atoms with E-state index in [1.54, 1.807) is 39.9 Å². The molecular weight excluding hydrogens is 372 g/mol. The van der Waals surface area contributed by atoms with E-state index in [1.165, 1.54) is 4.52 Å². The van der Waals surface area contributed by atoms with Gasteiger partial charge < -0.3 is 14.8 Å². The molecule has 0 fully saturated rings. The third-order valence-corrected chi connectivity index (χ3v) is 5.04. The van der Waals surface area contributed by atoms with E-state index >= 15 is 0 Å². The van der Waals surface area contributed by atoms with Gasteiger partial charge in [-0.1, -0.05) is 13.0 Å². The Morgan fingerprint density at radius 2 is 2.07 bits per heavy atom. The van der Waals surface area contributed by atoms with Gasteiger partial charge in [0.1, 0.15) is 23.7 Å². The van der Waals surface area contributed by atoms with Crippen molar-refractivity contribution in [2.45, 2.75) is 46.3 Å². The highest BCUT2D eigenvalue weighted by Gasteiger charge is 2.36. The van der Waals surface area contributed by atoms with Gasteiger partial charge in [0.25, 0.3) is 11.5 Å². The average molecular weight is 394 g/mol. The Hall–Kier alpha value is -3.49. The molecule has 0 bridgehead atoms. The van der Waals surface area contributed by atoms with Crippen LogP contribution in [0.25, 0.3) is 5.65 Å². The Balaban J connectivity index is 1.83. The lowest BCUT2D eigenvalue weighted by Crippen LogP contribution is -2.32. The van der Waals surface area contributed by atoms with Crippen LogP contribution < -0.4 is 10.9 Å². The van der Waals surface area contributed by atoms with E-state index in [0.717, 1.165) is 5.69 Å². The number of rotatable bonds is 5. The number of carbonyl (C=O) groups is 2. The van der Waals surface area contributed by atoms with Crippen molar-refractivity contribution in [1.82, 2.24) is 24.1 Å². The Morgan fingerprint density at radius 1 is 1.28 bits per heavy atom. The molecular formula is C20H22N6O3. The van der Waals surface area contributed by atoms with Crippen LogP contribution in [0.3, 0.4) is 0 Å². The molecule has 3 aromatic heterocycles. The molecule has 0 atom stereocenters. The summed E-state index contributed by atoms with van der Waals surface area (Å²) in [5.74, 6) is -0.171. The molecule has 1 aliphatic rings. The second-order valence-electron chi connectivity index (χ2n) is 7.27. The van der Waals surface area contributed by atoms with Crippen LogP contribution in [0.15, 0.2) is 35.3 Å². The van der Waals surface area contributed by atoms with E-state index < -0.39 is 0 Å². The number of hydrogen-bond acceptors (Lipinski definition) is 5. The van der Waals surface area contributed by atoms with Crippen LogP contribution in [0.5, 0.6) is 0 Å². The molecule has 9 nitrogen and oxygen atoms in total. The Kier molecular flexibility index (Phi) is 4.65. The van der Waals surface area contributed by atoms with E-state index in [2.05, 4.69) is 15.4 Å². The summed E-state index contributed by atoms with van der Waals surface area (Å²) < 4.78 is 2.88. The monoisotopic (exact) mass is 394 g/mol. The van der Waals surface area contributed by atoms with Crippen molar-refractivity contribution < 1.29 is 9.59 Å². The minimum atomic E-state index is -0.341. The number of fused-ring (bicyclic) bond motifs is 2. The first-order valence-electron chi connectivity index (χ1n) is 9.56. The normalized spacial score (nSPS) is 13.4. The number of nitrogens with zero attached hydrogens (tertiary/aromatic N) is 5. The third kappa shape index (κ3) is 3.18. The number of hydrogen-bond donors (Lipinski definition) is 1. The highest BCUT2D eigenvalue weighted by Crippen LogP contribution is 2.24. The molecule has 0 unspecified atom stereocenters. The van der Waals surface area contributed by atoms with Crippen LogP contribution in [0.1, 0.15) is 42.5 Å². The van der Waals surface area contributed by atoms with E-state index in [0.29, 0.717) is 23.4 Å². The molecule has 0 radical (unpaired) electrons. The van der Waals surface area contributed by atoms with Crippen molar-refractivity contribution in [2.24, 2.45) is 0 Å². The van der Waals surface area contributed by atoms with Crippen molar-refractivity contribution in [1.29, 1.82) is 0 Å². The van der Waals surface area contributed by atoms with Crippen LogP contribution in [0, 0.1) is 0 Å². The van der Waals surface area contributed by atoms with Gasteiger partial charge in [-0.05, 0) is 32.4 Å². The maximum absolute atomic E-state index is 13.1. The summed E-state index contributed by atoms with van der Waals surface area (Å²) in [4.78, 5) is 44.5. The van der Waals surface area contributed by atoms with Crippen LogP contribution >= 0.6 is 0 Å². The lowest BCUT2D eigenvalue weighted by Gasteiger charge is -2.20. The summed E-state index contributed by atoms with van der Waals surface area (Å²) >= 11 is 0. The highest BCUT2D eigenvalue weighted by molar-refractivity contribution is 5.98. The van der Waals surface area contributed by atoms with Crippen molar-refractivity contribution in [3.8, 4) is 0 Å². The van der Waals surface area contributed by atoms with Gasteiger partial charge in [-0.15, -0.1) is 0 Å². The topological polar surface area (TPSA) is 102 Å². The molecule has 0 spiro atoms. The van der Waals surface area contributed by atoms with Crippen molar-refractivity contribution in [2.75, 3.05) is 5.32 Å². The lowest BCUT2D eigenvalue weighted by atomic mass is 10.2. The van der Waals surface area contributed by atoms with E-state index in [-0.39, 0.29) is 42.2 Å². The summed E-state index contributed by atoms with van der Waals surface area (Å²) in [7, 11) is 0. The summed E-state index contributed by atoms with van der Waals surface area (Å²) in [5, 5.41) is 7.09. The average Bonchev–Trinajstić information content (AvgIpc) is 3.28. The smallest absolute Gasteiger partial charge is 0.280 e. The molecule has 1 aliphatic heterocycles. The number of anilines is 1. The van der Waals surface area contributed by atoms with Crippen LogP contribution in [0.4, 0.5) is 5.82 Å².